The Bertz CT molecular complexity index is 583. The van der Waals surface area contributed by atoms with Gasteiger partial charge in [-0.1, -0.05) is 12.1 Å². The van der Waals surface area contributed by atoms with E-state index < -0.39 is 0 Å². The number of nitrogens with zero attached hydrogens (tertiary/aromatic N) is 2. The lowest BCUT2D eigenvalue weighted by molar-refractivity contribution is 0.542. The Morgan fingerprint density at radius 1 is 1.33 bits per heavy atom. The van der Waals surface area contributed by atoms with E-state index in [9.17, 15) is 0 Å². The summed E-state index contributed by atoms with van der Waals surface area (Å²) in [4.78, 5) is 0. The molecule has 3 nitrogen and oxygen atoms in total. The lowest BCUT2D eigenvalue weighted by Gasteiger charge is -2.21. The van der Waals surface area contributed by atoms with Crippen molar-refractivity contribution in [3.05, 3.63) is 46.8 Å². The normalized spacial score (nSPS) is 18.7. The van der Waals surface area contributed by atoms with Gasteiger partial charge in [0.25, 0.3) is 0 Å². The summed E-state index contributed by atoms with van der Waals surface area (Å²) in [5.41, 5.74) is 12.3. The van der Waals surface area contributed by atoms with Gasteiger partial charge in [0.2, 0.25) is 0 Å². The minimum atomic E-state index is 0.121. The third kappa shape index (κ3) is 1.75. The van der Waals surface area contributed by atoms with Gasteiger partial charge in [-0.3, -0.25) is 0 Å². The number of aryl methyl sites for hydroxylation is 2. The summed E-state index contributed by atoms with van der Waals surface area (Å²) in [6.07, 6.45) is 3.35. The first kappa shape index (κ1) is 11.5. The summed E-state index contributed by atoms with van der Waals surface area (Å²) >= 11 is 0. The molecule has 3 rings (SSSR count). The van der Waals surface area contributed by atoms with Crippen LogP contribution in [0.2, 0.25) is 0 Å². The molecule has 1 aliphatic carbocycles. The zero-order chi connectivity index (χ0) is 12.7. The molecule has 1 unspecified atom stereocenters. The van der Waals surface area contributed by atoms with Crippen molar-refractivity contribution in [2.45, 2.75) is 39.2 Å². The first-order chi connectivity index (χ1) is 8.66. The minimum absolute atomic E-state index is 0.121. The molecule has 0 aliphatic heterocycles. The molecule has 1 aromatic heterocycles. The summed E-state index contributed by atoms with van der Waals surface area (Å²) in [5, 5.41) is 4.69. The largest absolute Gasteiger partial charge is 0.323 e. The molecule has 1 atom stereocenters. The molecule has 0 spiro atoms. The SMILES string of the molecule is Cc1cccc(-n2nc(C)c3c2C(N)CCC3)c1. The average molecular weight is 241 g/mol. The van der Waals surface area contributed by atoms with E-state index >= 15 is 0 Å². The Kier molecular flexibility index (Phi) is 2.71. The van der Waals surface area contributed by atoms with E-state index in [1.165, 1.54) is 23.2 Å². The highest BCUT2D eigenvalue weighted by Crippen LogP contribution is 2.31. The van der Waals surface area contributed by atoms with E-state index in [1.807, 2.05) is 4.68 Å². The van der Waals surface area contributed by atoms with E-state index in [0.717, 1.165) is 24.2 Å². The maximum atomic E-state index is 6.28. The highest BCUT2D eigenvalue weighted by Gasteiger charge is 2.25. The second-order valence-electron chi connectivity index (χ2n) is 5.20. The molecular weight excluding hydrogens is 222 g/mol. The van der Waals surface area contributed by atoms with Crippen molar-refractivity contribution >= 4 is 0 Å². The third-order valence-corrected chi connectivity index (χ3v) is 3.76. The Morgan fingerprint density at radius 2 is 2.17 bits per heavy atom. The van der Waals surface area contributed by atoms with Crippen LogP contribution < -0.4 is 5.73 Å². The summed E-state index contributed by atoms with van der Waals surface area (Å²) in [6, 6.07) is 8.56. The van der Waals surface area contributed by atoms with Crippen molar-refractivity contribution in [3.63, 3.8) is 0 Å². The van der Waals surface area contributed by atoms with Gasteiger partial charge < -0.3 is 5.73 Å². The number of benzene rings is 1. The lowest BCUT2D eigenvalue weighted by Crippen LogP contribution is -2.20. The molecule has 18 heavy (non-hydrogen) atoms. The van der Waals surface area contributed by atoms with Gasteiger partial charge in [-0.05, 0) is 56.4 Å². The Balaban J connectivity index is 2.18. The van der Waals surface area contributed by atoms with Gasteiger partial charge in [0, 0.05) is 6.04 Å². The standard InChI is InChI=1S/C15H19N3/c1-10-5-3-6-12(9-10)18-15-13(11(2)17-18)7-4-8-14(15)16/h3,5-6,9,14H,4,7-8,16H2,1-2H3. The van der Waals surface area contributed by atoms with Gasteiger partial charge in [0.1, 0.15) is 0 Å². The molecule has 3 heteroatoms. The summed E-state index contributed by atoms with van der Waals surface area (Å²) < 4.78 is 2.04. The Morgan fingerprint density at radius 3 is 2.94 bits per heavy atom. The second-order valence-corrected chi connectivity index (χ2v) is 5.20. The molecule has 2 aromatic rings. The lowest BCUT2D eigenvalue weighted by atomic mass is 9.92. The number of rotatable bonds is 1. The average Bonchev–Trinajstić information content (AvgIpc) is 2.69. The molecule has 0 amide bonds. The van der Waals surface area contributed by atoms with E-state index in [2.05, 4.69) is 38.1 Å². The maximum Gasteiger partial charge on any atom is 0.0652 e. The molecule has 94 valence electrons. The molecular formula is C15H19N3. The van der Waals surface area contributed by atoms with Crippen LogP contribution in [-0.4, -0.2) is 9.78 Å². The van der Waals surface area contributed by atoms with Gasteiger partial charge in [-0.15, -0.1) is 0 Å². The number of nitrogens with two attached hydrogens (primary N) is 1. The summed E-state index contributed by atoms with van der Waals surface area (Å²) in [6.45, 7) is 4.19. The minimum Gasteiger partial charge on any atom is -0.323 e. The summed E-state index contributed by atoms with van der Waals surface area (Å²) in [5.74, 6) is 0. The van der Waals surface area contributed by atoms with Crippen LogP contribution in [0.15, 0.2) is 24.3 Å². The van der Waals surface area contributed by atoms with Crippen molar-refractivity contribution in [2.75, 3.05) is 0 Å². The van der Waals surface area contributed by atoms with E-state index in [-0.39, 0.29) is 6.04 Å². The van der Waals surface area contributed by atoms with Gasteiger partial charge in [-0.2, -0.15) is 5.10 Å². The van der Waals surface area contributed by atoms with Gasteiger partial charge >= 0.3 is 0 Å². The summed E-state index contributed by atoms with van der Waals surface area (Å²) in [7, 11) is 0. The maximum absolute atomic E-state index is 6.28. The number of hydrogen-bond donors (Lipinski definition) is 1. The zero-order valence-electron chi connectivity index (χ0n) is 11.0. The molecule has 0 radical (unpaired) electrons. The topological polar surface area (TPSA) is 43.8 Å². The predicted octanol–water partition coefficient (Wildman–Crippen LogP) is 2.83. The second kappa shape index (κ2) is 4.25. The third-order valence-electron chi connectivity index (χ3n) is 3.76. The molecule has 1 aromatic carbocycles. The highest BCUT2D eigenvalue weighted by molar-refractivity contribution is 5.41. The smallest absolute Gasteiger partial charge is 0.0652 e. The number of fused-ring (bicyclic) bond motifs is 1. The fraction of sp³-hybridized carbons (Fsp3) is 0.400. The van der Waals surface area contributed by atoms with Crippen LogP contribution in [0.4, 0.5) is 0 Å². The van der Waals surface area contributed by atoms with E-state index in [1.54, 1.807) is 0 Å². The van der Waals surface area contributed by atoms with Crippen LogP contribution in [0.5, 0.6) is 0 Å². The van der Waals surface area contributed by atoms with Crippen LogP contribution in [-0.2, 0) is 6.42 Å². The molecule has 1 heterocycles. The first-order valence-electron chi connectivity index (χ1n) is 6.58. The number of hydrogen-bond acceptors (Lipinski definition) is 2. The Labute approximate surface area is 108 Å². The van der Waals surface area contributed by atoms with Gasteiger partial charge in [0.05, 0.1) is 17.1 Å². The predicted molar refractivity (Wildman–Crippen MR) is 72.9 cm³/mol. The zero-order valence-corrected chi connectivity index (χ0v) is 11.0. The van der Waals surface area contributed by atoms with Gasteiger partial charge in [0.15, 0.2) is 0 Å². The van der Waals surface area contributed by atoms with Crippen molar-refractivity contribution in [3.8, 4) is 5.69 Å². The highest BCUT2D eigenvalue weighted by atomic mass is 15.3. The monoisotopic (exact) mass is 241 g/mol. The number of aromatic nitrogens is 2. The van der Waals surface area contributed by atoms with Crippen molar-refractivity contribution in [2.24, 2.45) is 5.73 Å². The molecule has 0 bridgehead atoms. The Hall–Kier alpha value is -1.61. The van der Waals surface area contributed by atoms with Crippen LogP contribution in [0.3, 0.4) is 0 Å². The fourth-order valence-electron chi connectivity index (χ4n) is 2.86. The molecule has 1 aliphatic rings. The molecule has 0 saturated heterocycles. The quantitative estimate of drug-likeness (QED) is 0.834. The van der Waals surface area contributed by atoms with Crippen molar-refractivity contribution in [1.29, 1.82) is 0 Å². The van der Waals surface area contributed by atoms with Crippen LogP contribution in [0.1, 0.15) is 41.4 Å². The van der Waals surface area contributed by atoms with Crippen molar-refractivity contribution < 1.29 is 0 Å². The van der Waals surface area contributed by atoms with Gasteiger partial charge in [-0.25, -0.2) is 4.68 Å². The van der Waals surface area contributed by atoms with Crippen LogP contribution >= 0.6 is 0 Å². The van der Waals surface area contributed by atoms with E-state index in [0.29, 0.717) is 0 Å². The van der Waals surface area contributed by atoms with Crippen LogP contribution in [0, 0.1) is 13.8 Å². The van der Waals surface area contributed by atoms with E-state index in [4.69, 9.17) is 10.8 Å². The fourth-order valence-corrected chi connectivity index (χ4v) is 2.86. The molecule has 2 N–H and O–H groups in total. The van der Waals surface area contributed by atoms with Crippen LogP contribution in [0.25, 0.3) is 5.69 Å². The molecule has 0 saturated carbocycles. The molecule has 0 fully saturated rings. The van der Waals surface area contributed by atoms with Crippen molar-refractivity contribution in [1.82, 2.24) is 9.78 Å². The first-order valence-corrected chi connectivity index (χ1v) is 6.58.